The standard InChI is InChI=1S/C20H28ClN3O3/c1-5-10-22(17(25)11-20(2,3)4)12-18(26)23-13-19(27)24(14-23)16-8-6-15(21)7-9-16/h6-9H,5,10-14H2,1-4H3. The van der Waals surface area contributed by atoms with Gasteiger partial charge in [0.1, 0.15) is 13.2 Å². The van der Waals surface area contributed by atoms with Crippen molar-refractivity contribution in [3.63, 3.8) is 0 Å². The Morgan fingerprint density at radius 3 is 2.37 bits per heavy atom. The summed E-state index contributed by atoms with van der Waals surface area (Å²) in [6.07, 6.45) is 1.16. The van der Waals surface area contributed by atoms with Gasteiger partial charge in [0, 0.05) is 23.7 Å². The quantitative estimate of drug-likeness (QED) is 0.745. The minimum absolute atomic E-state index is 0.00446. The summed E-state index contributed by atoms with van der Waals surface area (Å²) in [6, 6.07) is 6.93. The molecule has 0 spiro atoms. The first-order valence-electron chi connectivity index (χ1n) is 9.22. The molecule has 0 aliphatic carbocycles. The Bertz CT molecular complexity index is 697. The Morgan fingerprint density at radius 2 is 1.81 bits per heavy atom. The molecule has 1 aliphatic heterocycles. The Labute approximate surface area is 166 Å². The Kier molecular flexibility index (Phi) is 6.87. The second-order valence-corrected chi connectivity index (χ2v) is 8.52. The van der Waals surface area contributed by atoms with Gasteiger partial charge in [-0.15, -0.1) is 0 Å². The minimum Gasteiger partial charge on any atom is -0.333 e. The van der Waals surface area contributed by atoms with E-state index in [4.69, 9.17) is 11.6 Å². The molecule has 2 rings (SSSR count). The van der Waals surface area contributed by atoms with E-state index in [1.165, 1.54) is 4.90 Å². The molecule has 0 aromatic heterocycles. The highest BCUT2D eigenvalue weighted by atomic mass is 35.5. The van der Waals surface area contributed by atoms with E-state index in [0.717, 1.165) is 6.42 Å². The van der Waals surface area contributed by atoms with E-state index in [0.29, 0.717) is 23.7 Å². The fourth-order valence-electron chi connectivity index (χ4n) is 2.95. The second-order valence-electron chi connectivity index (χ2n) is 8.08. The Morgan fingerprint density at radius 1 is 1.19 bits per heavy atom. The van der Waals surface area contributed by atoms with Crippen LogP contribution in [-0.4, -0.2) is 53.8 Å². The van der Waals surface area contributed by atoms with E-state index < -0.39 is 0 Å². The normalized spacial score (nSPS) is 14.6. The van der Waals surface area contributed by atoms with Crippen LogP contribution in [0.4, 0.5) is 5.69 Å². The summed E-state index contributed by atoms with van der Waals surface area (Å²) >= 11 is 5.89. The summed E-state index contributed by atoms with van der Waals surface area (Å²) in [5.41, 5.74) is 0.565. The van der Waals surface area contributed by atoms with Crippen molar-refractivity contribution in [2.75, 3.05) is 31.2 Å². The Hall–Kier alpha value is -2.08. The first-order valence-corrected chi connectivity index (χ1v) is 9.60. The summed E-state index contributed by atoms with van der Waals surface area (Å²) in [6.45, 7) is 8.72. The molecular formula is C20H28ClN3O3. The first-order chi connectivity index (χ1) is 12.6. The van der Waals surface area contributed by atoms with Crippen molar-refractivity contribution in [2.45, 2.75) is 40.5 Å². The third kappa shape index (κ3) is 5.96. The lowest BCUT2D eigenvalue weighted by Crippen LogP contribution is -2.43. The molecule has 1 saturated heterocycles. The van der Waals surface area contributed by atoms with Gasteiger partial charge in [0.25, 0.3) is 0 Å². The van der Waals surface area contributed by atoms with Gasteiger partial charge in [-0.1, -0.05) is 39.3 Å². The zero-order valence-corrected chi connectivity index (χ0v) is 17.3. The highest BCUT2D eigenvalue weighted by Gasteiger charge is 2.33. The number of hydrogen-bond acceptors (Lipinski definition) is 3. The van der Waals surface area contributed by atoms with Gasteiger partial charge in [-0.05, 0) is 36.1 Å². The predicted molar refractivity (Wildman–Crippen MR) is 106 cm³/mol. The maximum Gasteiger partial charge on any atom is 0.248 e. The van der Waals surface area contributed by atoms with Crippen molar-refractivity contribution in [1.29, 1.82) is 0 Å². The van der Waals surface area contributed by atoms with Crippen LogP contribution in [-0.2, 0) is 14.4 Å². The molecule has 6 nitrogen and oxygen atoms in total. The summed E-state index contributed by atoms with van der Waals surface area (Å²) in [7, 11) is 0. The van der Waals surface area contributed by atoms with E-state index in [9.17, 15) is 14.4 Å². The fourth-order valence-corrected chi connectivity index (χ4v) is 3.08. The SMILES string of the molecule is CCCN(CC(=O)N1CC(=O)N(c2ccc(Cl)cc2)C1)C(=O)CC(C)(C)C. The van der Waals surface area contributed by atoms with Gasteiger partial charge in [-0.3, -0.25) is 19.3 Å². The number of benzene rings is 1. The lowest BCUT2D eigenvalue weighted by Gasteiger charge is -2.27. The molecule has 0 saturated carbocycles. The maximum atomic E-state index is 12.7. The van der Waals surface area contributed by atoms with Gasteiger partial charge in [-0.2, -0.15) is 0 Å². The molecule has 0 N–H and O–H groups in total. The summed E-state index contributed by atoms with van der Waals surface area (Å²) in [5.74, 6) is -0.387. The topological polar surface area (TPSA) is 60.9 Å². The van der Waals surface area contributed by atoms with E-state index in [1.807, 2.05) is 27.7 Å². The maximum absolute atomic E-state index is 12.7. The summed E-state index contributed by atoms with van der Waals surface area (Å²) in [4.78, 5) is 42.2. The van der Waals surface area contributed by atoms with Crippen LogP contribution in [0.2, 0.25) is 5.02 Å². The molecule has 1 heterocycles. The van der Waals surface area contributed by atoms with Crippen molar-refractivity contribution < 1.29 is 14.4 Å². The predicted octanol–water partition coefficient (Wildman–Crippen LogP) is 3.15. The van der Waals surface area contributed by atoms with E-state index >= 15 is 0 Å². The highest BCUT2D eigenvalue weighted by Crippen LogP contribution is 2.23. The number of amides is 3. The zero-order chi connectivity index (χ0) is 20.2. The van der Waals surface area contributed by atoms with Gasteiger partial charge >= 0.3 is 0 Å². The Balaban J connectivity index is 2.02. The average molecular weight is 394 g/mol. The zero-order valence-electron chi connectivity index (χ0n) is 16.5. The van der Waals surface area contributed by atoms with E-state index in [-0.39, 0.29) is 42.9 Å². The minimum atomic E-state index is -0.212. The number of hydrogen-bond donors (Lipinski definition) is 0. The molecular weight excluding hydrogens is 366 g/mol. The van der Waals surface area contributed by atoms with Gasteiger partial charge in [0.15, 0.2) is 0 Å². The van der Waals surface area contributed by atoms with Gasteiger partial charge in [-0.25, -0.2) is 0 Å². The highest BCUT2D eigenvalue weighted by molar-refractivity contribution is 6.30. The summed E-state index contributed by atoms with van der Waals surface area (Å²) < 4.78 is 0. The van der Waals surface area contributed by atoms with Crippen molar-refractivity contribution in [3.05, 3.63) is 29.3 Å². The van der Waals surface area contributed by atoms with Gasteiger partial charge in [0.05, 0.1) is 6.54 Å². The first kappa shape index (κ1) is 21.2. The lowest BCUT2D eigenvalue weighted by atomic mass is 9.91. The third-order valence-corrected chi connectivity index (χ3v) is 4.54. The molecule has 0 bridgehead atoms. The lowest BCUT2D eigenvalue weighted by molar-refractivity contribution is -0.141. The molecule has 27 heavy (non-hydrogen) atoms. The van der Waals surface area contributed by atoms with Crippen molar-refractivity contribution in [3.8, 4) is 0 Å². The molecule has 0 radical (unpaired) electrons. The van der Waals surface area contributed by atoms with E-state index in [2.05, 4.69) is 0 Å². The van der Waals surface area contributed by atoms with Crippen LogP contribution in [0.3, 0.4) is 0 Å². The smallest absolute Gasteiger partial charge is 0.248 e. The number of halogens is 1. The van der Waals surface area contributed by atoms with E-state index in [1.54, 1.807) is 34.1 Å². The molecule has 1 aliphatic rings. The number of carbonyl (C=O) groups is 3. The molecule has 1 fully saturated rings. The molecule has 7 heteroatoms. The van der Waals surface area contributed by atoms with Crippen LogP contribution in [0.1, 0.15) is 40.5 Å². The van der Waals surface area contributed by atoms with Crippen LogP contribution in [0, 0.1) is 5.41 Å². The molecule has 1 aromatic rings. The van der Waals surface area contributed by atoms with Crippen LogP contribution >= 0.6 is 11.6 Å². The van der Waals surface area contributed by atoms with Crippen LogP contribution in [0.15, 0.2) is 24.3 Å². The molecule has 148 valence electrons. The van der Waals surface area contributed by atoms with Crippen LogP contribution in [0.25, 0.3) is 0 Å². The number of carbonyl (C=O) groups excluding carboxylic acids is 3. The van der Waals surface area contributed by atoms with Crippen LogP contribution in [0.5, 0.6) is 0 Å². The largest absolute Gasteiger partial charge is 0.333 e. The number of rotatable bonds is 6. The van der Waals surface area contributed by atoms with Crippen molar-refractivity contribution in [2.24, 2.45) is 5.41 Å². The van der Waals surface area contributed by atoms with Gasteiger partial charge in [0.2, 0.25) is 17.7 Å². The average Bonchev–Trinajstić information content (AvgIpc) is 2.95. The molecule has 0 unspecified atom stereocenters. The summed E-state index contributed by atoms with van der Waals surface area (Å²) in [5, 5.41) is 0.589. The monoisotopic (exact) mass is 393 g/mol. The van der Waals surface area contributed by atoms with Gasteiger partial charge < -0.3 is 9.80 Å². The van der Waals surface area contributed by atoms with Crippen LogP contribution < -0.4 is 4.90 Å². The number of anilines is 1. The van der Waals surface area contributed by atoms with Crippen molar-refractivity contribution >= 4 is 35.0 Å². The number of nitrogens with zero attached hydrogens (tertiary/aromatic N) is 3. The second kappa shape index (κ2) is 8.74. The fraction of sp³-hybridized carbons (Fsp3) is 0.550. The molecule has 3 amide bonds. The third-order valence-electron chi connectivity index (χ3n) is 4.28. The molecule has 0 atom stereocenters. The van der Waals surface area contributed by atoms with Crippen molar-refractivity contribution in [1.82, 2.24) is 9.80 Å². The molecule has 1 aromatic carbocycles.